The summed E-state index contributed by atoms with van der Waals surface area (Å²) < 4.78 is 7.95. The number of hydrogen-bond acceptors (Lipinski definition) is 6. The van der Waals surface area contributed by atoms with Crippen molar-refractivity contribution < 1.29 is 4.42 Å². The molecular formula is C16H16ClN5OS. The van der Waals surface area contributed by atoms with Gasteiger partial charge in [0.25, 0.3) is 0 Å². The summed E-state index contributed by atoms with van der Waals surface area (Å²) in [5.41, 5.74) is 0.861. The van der Waals surface area contributed by atoms with E-state index in [0.29, 0.717) is 22.6 Å². The van der Waals surface area contributed by atoms with Crippen LogP contribution in [-0.2, 0) is 18.7 Å². The van der Waals surface area contributed by atoms with Crippen molar-refractivity contribution in [3.63, 3.8) is 0 Å². The standard InChI is InChI=1S/C16H16ClN5OS/c17-12-7-5-11(6-8-12)15-20-19-14(23-15)10-24-16-21-18-13-4-2-1-3-9-22(13)16/h5-8H,1-4,9-10H2. The number of halogens is 1. The molecule has 0 saturated heterocycles. The minimum absolute atomic E-state index is 0.502. The van der Waals surface area contributed by atoms with Crippen LogP contribution >= 0.6 is 23.4 Å². The lowest BCUT2D eigenvalue weighted by molar-refractivity contribution is 0.527. The van der Waals surface area contributed by atoms with Crippen LogP contribution in [0.25, 0.3) is 11.5 Å². The molecule has 0 unspecified atom stereocenters. The second-order valence-electron chi connectivity index (χ2n) is 5.66. The van der Waals surface area contributed by atoms with Crippen molar-refractivity contribution in [2.24, 2.45) is 0 Å². The van der Waals surface area contributed by atoms with Crippen LogP contribution in [0.2, 0.25) is 5.02 Å². The highest BCUT2D eigenvalue weighted by Crippen LogP contribution is 2.26. The van der Waals surface area contributed by atoms with Gasteiger partial charge in [0.1, 0.15) is 5.82 Å². The van der Waals surface area contributed by atoms with Gasteiger partial charge in [0.15, 0.2) is 5.16 Å². The average Bonchev–Trinajstić information content (AvgIpc) is 3.15. The summed E-state index contributed by atoms with van der Waals surface area (Å²) in [4.78, 5) is 0. The number of nitrogens with zero attached hydrogens (tertiary/aromatic N) is 5. The minimum atomic E-state index is 0.502. The number of rotatable bonds is 4. The van der Waals surface area contributed by atoms with Crippen LogP contribution in [0.3, 0.4) is 0 Å². The van der Waals surface area contributed by atoms with E-state index >= 15 is 0 Å². The summed E-state index contributed by atoms with van der Waals surface area (Å²) in [7, 11) is 0. The zero-order valence-electron chi connectivity index (χ0n) is 13.0. The molecule has 0 radical (unpaired) electrons. The van der Waals surface area contributed by atoms with E-state index in [0.717, 1.165) is 29.5 Å². The van der Waals surface area contributed by atoms with Gasteiger partial charge in [-0.2, -0.15) is 0 Å². The number of fused-ring (bicyclic) bond motifs is 1. The number of benzene rings is 1. The van der Waals surface area contributed by atoms with Crippen LogP contribution in [-0.4, -0.2) is 25.0 Å². The van der Waals surface area contributed by atoms with Gasteiger partial charge in [-0.25, -0.2) is 0 Å². The van der Waals surface area contributed by atoms with Gasteiger partial charge in [0.2, 0.25) is 11.8 Å². The Morgan fingerprint density at radius 3 is 2.79 bits per heavy atom. The normalized spacial score (nSPS) is 14.4. The van der Waals surface area contributed by atoms with Gasteiger partial charge < -0.3 is 8.98 Å². The Morgan fingerprint density at radius 1 is 1.04 bits per heavy atom. The molecule has 1 aliphatic heterocycles. The van der Waals surface area contributed by atoms with Crippen LogP contribution in [0.15, 0.2) is 33.8 Å². The Bertz CT molecular complexity index is 829. The summed E-state index contributed by atoms with van der Waals surface area (Å²) in [5, 5.41) is 18.4. The van der Waals surface area contributed by atoms with Gasteiger partial charge in [0, 0.05) is 23.6 Å². The van der Waals surface area contributed by atoms with Crippen molar-refractivity contribution in [2.75, 3.05) is 0 Å². The molecule has 0 bridgehead atoms. The molecule has 0 amide bonds. The Kier molecular flexibility index (Phi) is 4.53. The molecule has 3 aromatic rings. The first-order valence-electron chi connectivity index (χ1n) is 7.93. The van der Waals surface area contributed by atoms with E-state index in [4.69, 9.17) is 16.0 Å². The zero-order chi connectivity index (χ0) is 16.4. The Morgan fingerprint density at radius 2 is 1.92 bits per heavy atom. The first-order chi connectivity index (χ1) is 11.8. The SMILES string of the molecule is Clc1ccc(-c2nnc(CSc3nnc4n3CCCCC4)o2)cc1. The highest BCUT2D eigenvalue weighted by atomic mass is 35.5. The monoisotopic (exact) mass is 361 g/mol. The molecule has 0 aliphatic carbocycles. The second kappa shape index (κ2) is 6.94. The molecule has 1 aromatic carbocycles. The quantitative estimate of drug-likeness (QED) is 0.654. The van der Waals surface area contributed by atoms with Gasteiger partial charge >= 0.3 is 0 Å². The maximum absolute atomic E-state index is 5.90. The average molecular weight is 362 g/mol. The summed E-state index contributed by atoms with van der Waals surface area (Å²) in [6.07, 6.45) is 4.63. The minimum Gasteiger partial charge on any atom is -0.420 e. The maximum atomic E-state index is 5.90. The summed E-state index contributed by atoms with van der Waals surface area (Å²) >= 11 is 7.48. The smallest absolute Gasteiger partial charge is 0.247 e. The Balaban J connectivity index is 1.45. The topological polar surface area (TPSA) is 69.6 Å². The number of aryl methyl sites for hydroxylation is 1. The van der Waals surface area contributed by atoms with E-state index in [9.17, 15) is 0 Å². The van der Waals surface area contributed by atoms with Crippen LogP contribution < -0.4 is 0 Å². The Hall–Kier alpha value is -1.86. The lowest BCUT2D eigenvalue weighted by atomic mass is 10.2. The molecule has 0 N–H and O–H groups in total. The molecule has 124 valence electrons. The molecule has 0 saturated carbocycles. The molecule has 0 spiro atoms. The predicted molar refractivity (Wildman–Crippen MR) is 91.9 cm³/mol. The van der Waals surface area contributed by atoms with Gasteiger partial charge in [-0.1, -0.05) is 29.8 Å². The van der Waals surface area contributed by atoms with Gasteiger partial charge in [-0.15, -0.1) is 20.4 Å². The van der Waals surface area contributed by atoms with E-state index in [-0.39, 0.29) is 0 Å². The fourth-order valence-corrected chi connectivity index (χ4v) is 3.66. The number of aromatic nitrogens is 5. The fraction of sp³-hybridized carbons (Fsp3) is 0.375. The van der Waals surface area contributed by atoms with Crippen molar-refractivity contribution in [1.82, 2.24) is 25.0 Å². The third-order valence-electron chi connectivity index (χ3n) is 3.96. The van der Waals surface area contributed by atoms with Crippen molar-refractivity contribution in [3.05, 3.63) is 41.0 Å². The molecule has 24 heavy (non-hydrogen) atoms. The van der Waals surface area contributed by atoms with Crippen molar-refractivity contribution in [2.45, 2.75) is 43.1 Å². The molecule has 1 aliphatic rings. The maximum Gasteiger partial charge on any atom is 0.247 e. The van der Waals surface area contributed by atoms with Crippen molar-refractivity contribution in [1.29, 1.82) is 0 Å². The van der Waals surface area contributed by atoms with Crippen LogP contribution in [0.5, 0.6) is 0 Å². The van der Waals surface area contributed by atoms with Gasteiger partial charge in [-0.05, 0) is 37.1 Å². The molecular weight excluding hydrogens is 346 g/mol. The fourth-order valence-electron chi connectivity index (χ4n) is 2.71. The summed E-state index contributed by atoms with van der Waals surface area (Å²) in [5.74, 6) is 2.75. The van der Waals surface area contributed by atoms with Gasteiger partial charge in [0.05, 0.1) is 5.75 Å². The van der Waals surface area contributed by atoms with E-state index in [2.05, 4.69) is 25.0 Å². The predicted octanol–water partition coefficient (Wildman–Crippen LogP) is 4.00. The molecule has 6 nitrogen and oxygen atoms in total. The first-order valence-corrected chi connectivity index (χ1v) is 9.29. The van der Waals surface area contributed by atoms with Gasteiger partial charge in [-0.3, -0.25) is 0 Å². The second-order valence-corrected chi connectivity index (χ2v) is 7.04. The highest BCUT2D eigenvalue weighted by Gasteiger charge is 2.16. The lowest BCUT2D eigenvalue weighted by Crippen LogP contribution is -2.02. The largest absolute Gasteiger partial charge is 0.420 e. The molecule has 2 aromatic heterocycles. The zero-order valence-corrected chi connectivity index (χ0v) is 14.6. The van der Waals surface area contributed by atoms with E-state index < -0.39 is 0 Å². The molecule has 3 heterocycles. The molecule has 0 atom stereocenters. The Labute approximate surface area is 148 Å². The molecule has 8 heteroatoms. The summed E-state index contributed by atoms with van der Waals surface area (Å²) in [6.45, 7) is 0.991. The van der Waals surface area contributed by atoms with Crippen molar-refractivity contribution >= 4 is 23.4 Å². The number of thioether (sulfide) groups is 1. The third kappa shape index (κ3) is 3.32. The van der Waals surface area contributed by atoms with Crippen LogP contribution in [0.1, 0.15) is 31.0 Å². The third-order valence-corrected chi connectivity index (χ3v) is 5.16. The first kappa shape index (κ1) is 15.7. The van der Waals surface area contributed by atoms with Crippen LogP contribution in [0.4, 0.5) is 0 Å². The van der Waals surface area contributed by atoms with E-state index in [1.807, 2.05) is 12.1 Å². The molecule has 4 rings (SSSR count). The lowest BCUT2D eigenvalue weighted by Gasteiger charge is -2.04. The van der Waals surface area contributed by atoms with Crippen LogP contribution in [0, 0.1) is 0 Å². The number of hydrogen-bond donors (Lipinski definition) is 0. The van der Waals surface area contributed by atoms with E-state index in [1.54, 1.807) is 23.9 Å². The summed E-state index contributed by atoms with van der Waals surface area (Å²) in [6, 6.07) is 7.35. The van der Waals surface area contributed by atoms with E-state index in [1.165, 1.54) is 19.3 Å². The van der Waals surface area contributed by atoms with Crippen molar-refractivity contribution in [3.8, 4) is 11.5 Å². The highest BCUT2D eigenvalue weighted by molar-refractivity contribution is 7.98. The molecule has 0 fully saturated rings.